The van der Waals surface area contributed by atoms with E-state index in [0.29, 0.717) is 38.5 Å². The van der Waals surface area contributed by atoms with Crippen LogP contribution in [0.25, 0.3) is 17.1 Å². The number of aromatic hydroxyl groups is 1. The fourth-order valence-corrected chi connectivity index (χ4v) is 2.81. The second-order valence-corrected chi connectivity index (χ2v) is 6.17. The van der Waals surface area contributed by atoms with Crippen LogP contribution >= 0.6 is 23.2 Å². The van der Waals surface area contributed by atoms with Gasteiger partial charge in [0.15, 0.2) is 17.3 Å². The largest absolute Gasteiger partial charge is 0.507 e. The van der Waals surface area contributed by atoms with Crippen LogP contribution in [0.15, 0.2) is 64.3 Å². The summed E-state index contributed by atoms with van der Waals surface area (Å²) in [7, 11) is 0. The van der Waals surface area contributed by atoms with E-state index in [2.05, 4.69) is 9.98 Å². The molecular formula is C18H11Cl2N3O2. The molecule has 0 fully saturated rings. The predicted molar refractivity (Wildman–Crippen MR) is 98.3 cm³/mol. The van der Waals surface area contributed by atoms with Crippen molar-refractivity contribution >= 4 is 40.9 Å². The molecule has 0 unspecified atom stereocenters. The summed E-state index contributed by atoms with van der Waals surface area (Å²) in [5, 5.41) is 11.0. The molecule has 0 aliphatic rings. The average molecular weight is 372 g/mol. The van der Waals surface area contributed by atoms with E-state index < -0.39 is 0 Å². The Hall–Kier alpha value is -2.76. The van der Waals surface area contributed by atoms with Gasteiger partial charge in [0.25, 0.3) is 0 Å². The van der Waals surface area contributed by atoms with Gasteiger partial charge < -0.3 is 9.52 Å². The van der Waals surface area contributed by atoms with Gasteiger partial charge in [-0.3, -0.25) is 4.40 Å². The van der Waals surface area contributed by atoms with E-state index in [1.165, 1.54) is 12.3 Å². The van der Waals surface area contributed by atoms with Crippen molar-refractivity contribution in [2.75, 3.05) is 0 Å². The zero-order valence-corrected chi connectivity index (χ0v) is 14.2. The molecule has 4 rings (SSSR count). The number of imidazole rings is 1. The lowest BCUT2D eigenvalue weighted by atomic mass is 10.2. The number of nitrogens with zero attached hydrogens (tertiary/aromatic N) is 3. The molecular weight excluding hydrogens is 361 g/mol. The number of hydrogen-bond donors (Lipinski definition) is 1. The highest BCUT2D eigenvalue weighted by Gasteiger charge is 2.16. The highest BCUT2D eigenvalue weighted by molar-refractivity contribution is 6.31. The lowest BCUT2D eigenvalue weighted by molar-refractivity contribution is 0.474. The third kappa shape index (κ3) is 2.99. The summed E-state index contributed by atoms with van der Waals surface area (Å²) in [5.41, 5.74) is 1.75. The number of hydrogen-bond acceptors (Lipinski definition) is 4. The molecule has 3 heterocycles. The molecule has 7 heteroatoms. The highest BCUT2D eigenvalue weighted by atomic mass is 35.5. The smallest absolute Gasteiger partial charge is 0.168 e. The van der Waals surface area contributed by atoms with E-state index in [1.54, 1.807) is 53.3 Å². The number of rotatable bonds is 3. The first-order valence-corrected chi connectivity index (χ1v) is 8.11. The van der Waals surface area contributed by atoms with Crippen LogP contribution in [0, 0.1) is 0 Å². The second-order valence-electron chi connectivity index (χ2n) is 5.30. The Morgan fingerprint density at radius 1 is 1.12 bits per heavy atom. The van der Waals surface area contributed by atoms with Gasteiger partial charge in [-0.25, -0.2) is 9.98 Å². The van der Waals surface area contributed by atoms with Crippen LogP contribution in [0.2, 0.25) is 10.0 Å². The van der Waals surface area contributed by atoms with Crippen molar-refractivity contribution in [2.45, 2.75) is 0 Å². The van der Waals surface area contributed by atoms with Gasteiger partial charge in [-0.05, 0) is 42.5 Å². The molecule has 0 aliphatic heterocycles. The van der Waals surface area contributed by atoms with Crippen LogP contribution in [0.1, 0.15) is 5.56 Å². The zero-order valence-electron chi connectivity index (χ0n) is 12.7. The lowest BCUT2D eigenvalue weighted by Crippen LogP contribution is -1.86. The van der Waals surface area contributed by atoms with Crippen molar-refractivity contribution < 1.29 is 9.52 Å². The summed E-state index contributed by atoms with van der Waals surface area (Å²) in [5.74, 6) is 1.20. The molecule has 0 aliphatic carbocycles. The Kier molecular flexibility index (Phi) is 3.95. The number of aliphatic imine (C=N–C) groups is 1. The molecule has 0 bridgehead atoms. The maximum absolute atomic E-state index is 9.96. The molecule has 124 valence electrons. The van der Waals surface area contributed by atoms with Crippen molar-refractivity contribution in [2.24, 2.45) is 4.99 Å². The van der Waals surface area contributed by atoms with Crippen LogP contribution < -0.4 is 0 Å². The van der Waals surface area contributed by atoms with Crippen LogP contribution in [0.3, 0.4) is 0 Å². The molecule has 1 N–H and O–H groups in total. The maximum Gasteiger partial charge on any atom is 0.168 e. The summed E-state index contributed by atoms with van der Waals surface area (Å²) < 4.78 is 7.22. The number of furan rings is 1. The minimum absolute atomic E-state index is 0.0829. The lowest BCUT2D eigenvalue weighted by Gasteiger charge is -2.01. The quantitative estimate of drug-likeness (QED) is 0.493. The fourth-order valence-electron chi connectivity index (χ4n) is 2.47. The van der Waals surface area contributed by atoms with E-state index in [9.17, 15) is 5.11 Å². The summed E-state index contributed by atoms with van der Waals surface area (Å²) in [6.07, 6.45) is 4.82. The number of benzene rings is 1. The normalized spacial score (nSPS) is 11.6. The standard InChI is InChI=1S/C18H11Cl2N3O2/c19-12-3-5-14(24)11(8-12)9-21-18-17(15-2-1-7-25-15)22-16-6-4-13(20)10-23(16)18/h1-10,24H. The van der Waals surface area contributed by atoms with Crippen LogP contribution in [0.4, 0.5) is 5.82 Å². The molecule has 3 aromatic heterocycles. The van der Waals surface area contributed by atoms with Gasteiger partial charge in [-0.1, -0.05) is 23.2 Å². The minimum atomic E-state index is 0.0829. The third-order valence-corrected chi connectivity index (χ3v) is 4.09. The molecule has 0 spiro atoms. The Balaban J connectivity index is 1.90. The number of pyridine rings is 1. The first-order chi connectivity index (χ1) is 12.1. The van der Waals surface area contributed by atoms with E-state index in [0.717, 1.165) is 0 Å². The summed E-state index contributed by atoms with van der Waals surface area (Å²) in [6.45, 7) is 0. The van der Waals surface area contributed by atoms with Gasteiger partial charge in [0, 0.05) is 23.0 Å². The Bertz CT molecular complexity index is 1090. The summed E-state index contributed by atoms with van der Waals surface area (Å²) >= 11 is 12.1. The van der Waals surface area contributed by atoms with Gasteiger partial charge in [-0.2, -0.15) is 0 Å². The number of fused-ring (bicyclic) bond motifs is 1. The van der Waals surface area contributed by atoms with E-state index in [4.69, 9.17) is 27.6 Å². The molecule has 0 radical (unpaired) electrons. The second kappa shape index (κ2) is 6.27. The third-order valence-electron chi connectivity index (χ3n) is 3.63. The molecule has 1 aromatic carbocycles. The average Bonchev–Trinajstić information content (AvgIpc) is 3.23. The molecule has 0 saturated carbocycles. The van der Waals surface area contributed by atoms with Gasteiger partial charge in [-0.15, -0.1) is 0 Å². The van der Waals surface area contributed by atoms with Gasteiger partial charge in [0.1, 0.15) is 11.4 Å². The Labute approximate surface area is 152 Å². The monoisotopic (exact) mass is 371 g/mol. The SMILES string of the molecule is Oc1ccc(Cl)cc1C=Nc1c(-c2ccco2)nc2ccc(Cl)cn12. The topological polar surface area (TPSA) is 63.0 Å². The van der Waals surface area contributed by atoms with Crippen LogP contribution in [-0.2, 0) is 0 Å². The highest BCUT2D eigenvalue weighted by Crippen LogP contribution is 2.32. The number of phenolic OH excluding ortho intramolecular Hbond substituents is 1. The van der Waals surface area contributed by atoms with E-state index >= 15 is 0 Å². The molecule has 4 aromatic rings. The van der Waals surface area contributed by atoms with Crippen molar-refractivity contribution in [3.05, 3.63) is 70.5 Å². The molecule has 0 amide bonds. The zero-order chi connectivity index (χ0) is 17.4. The van der Waals surface area contributed by atoms with Crippen molar-refractivity contribution in [1.82, 2.24) is 9.38 Å². The van der Waals surface area contributed by atoms with Gasteiger partial charge >= 0.3 is 0 Å². The van der Waals surface area contributed by atoms with E-state index in [1.807, 2.05) is 0 Å². The van der Waals surface area contributed by atoms with Crippen LogP contribution in [0.5, 0.6) is 5.75 Å². The van der Waals surface area contributed by atoms with Crippen molar-refractivity contribution in [3.8, 4) is 17.2 Å². The predicted octanol–water partition coefficient (Wildman–Crippen LogP) is 5.36. The Morgan fingerprint density at radius 3 is 2.76 bits per heavy atom. The molecule has 0 saturated heterocycles. The Morgan fingerprint density at radius 2 is 1.96 bits per heavy atom. The van der Waals surface area contributed by atoms with E-state index in [-0.39, 0.29) is 5.75 Å². The fraction of sp³-hybridized carbons (Fsp3) is 0. The molecule has 0 atom stereocenters. The molecule has 25 heavy (non-hydrogen) atoms. The summed E-state index contributed by atoms with van der Waals surface area (Å²) in [4.78, 5) is 9.06. The number of halogens is 2. The van der Waals surface area contributed by atoms with Crippen LogP contribution in [-0.4, -0.2) is 20.7 Å². The van der Waals surface area contributed by atoms with Crippen molar-refractivity contribution in [1.29, 1.82) is 0 Å². The first-order valence-electron chi connectivity index (χ1n) is 7.36. The maximum atomic E-state index is 9.96. The van der Waals surface area contributed by atoms with Gasteiger partial charge in [0.05, 0.1) is 11.3 Å². The van der Waals surface area contributed by atoms with Crippen molar-refractivity contribution in [3.63, 3.8) is 0 Å². The minimum Gasteiger partial charge on any atom is -0.507 e. The first kappa shape index (κ1) is 15.7. The summed E-state index contributed by atoms with van der Waals surface area (Å²) in [6, 6.07) is 11.9. The number of phenols is 1. The van der Waals surface area contributed by atoms with Gasteiger partial charge in [0.2, 0.25) is 0 Å². The molecule has 5 nitrogen and oxygen atoms in total. The number of aromatic nitrogens is 2.